The Kier molecular flexibility index (Phi) is 8.43. The second-order valence-corrected chi connectivity index (χ2v) is 10.4. The van der Waals surface area contributed by atoms with Crippen LogP contribution in [0.4, 0.5) is 11.4 Å². The number of anilines is 2. The lowest BCUT2D eigenvalue weighted by Gasteiger charge is -2.24. The van der Waals surface area contributed by atoms with Gasteiger partial charge in [0, 0.05) is 11.3 Å². The van der Waals surface area contributed by atoms with Crippen LogP contribution in [0.2, 0.25) is 10.0 Å². The Labute approximate surface area is 214 Å². The Bertz CT molecular complexity index is 1360. The Hall–Kier alpha value is -3.07. The molecule has 0 fully saturated rings. The summed E-state index contributed by atoms with van der Waals surface area (Å²) in [5.74, 6) is -0.846. The number of sulfonamides is 1. The van der Waals surface area contributed by atoms with Gasteiger partial charge in [-0.1, -0.05) is 47.5 Å². The van der Waals surface area contributed by atoms with Gasteiger partial charge in [0.2, 0.25) is 10.0 Å². The van der Waals surface area contributed by atoms with Gasteiger partial charge >= 0.3 is 5.97 Å². The molecule has 35 heavy (non-hydrogen) atoms. The number of halogens is 2. The number of aryl methyl sites for hydroxylation is 1. The summed E-state index contributed by atoms with van der Waals surface area (Å²) in [6.45, 7) is 3.79. The van der Waals surface area contributed by atoms with E-state index in [1.54, 1.807) is 67.6 Å². The smallest absolute Gasteiger partial charge is 0.338 e. The minimum Gasteiger partial charge on any atom is -0.462 e. The van der Waals surface area contributed by atoms with E-state index in [0.717, 1.165) is 16.1 Å². The lowest BCUT2D eigenvalue weighted by atomic mass is 10.1. The summed E-state index contributed by atoms with van der Waals surface area (Å²) >= 11 is 12.3. The molecule has 0 atom stereocenters. The number of carbonyl (C=O) groups is 2. The third-order valence-corrected chi connectivity index (χ3v) is 7.07. The number of carbonyl (C=O) groups excluding carboxylic acids is 2. The number of rotatable bonds is 8. The summed E-state index contributed by atoms with van der Waals surface area (Å²) in [7, 11) is -3.67. The lowest BCUT2D eigenvalue weighted by molar-refractivity contribution is 0.0526. The minimum absolute atomic E-state index is 0.00148. The van der Waals surface area contributed by atoms with Crippen LogP contribution in [0.25, 0.3) is 0 Å². The van der Waals surface area contributed by atoms with Crippen molar-refractivity contribution in [1.82, 2.24) is 0 Å². The topological polar surface area (TPSA) is 92.8 Å². The lowest BCUT2D eigenvalue weighted by Crippen LogP contribution is -2.29. The monoisotopic (exact) mass is 534 g/mol. The molecule has 0 saturated heterocycles. The molecule has 0 unspecified atom stereocenters. The van der Waals surface area contributed by atoms with E-state index < -0.39 is 16.0 Å². The third kappa shape index (κ3) is 6.54. The van der Waals surface area contributed by atoms with Crippen LogP contribution in [0.5, 0.6) is 0 Å². The molecule has 0 bridgehead atoms. The highest BCUT2D eigenvalue weighted by atomic mass is 35.5. The van der Waals surface area contributed by atoms with E-state index in [1.807, 2.05) is 6.92 Å². The van der Waals surface area contributed by atoms with Crippen molar-refractivity contribution in [3.63, 3.8) is 0 Å². The van der Waals surface area contributed by atoms with Crippen molar-refractivity contribution in [3.05, 3.63) is 93.0 Å². The van der Waals surface area contributed by atoms with E-state index in [9.17, 15) is 18.0 Å². The van der Waals surface area contributed by atoms with Gasteiger partial charge < -0.3 is 10.1 Å². The number of amides is 1. The number of esters is 1. The number of nitrogens with zero attached hydrogens (tertiary/aromatic N) is 1. The van der Waals surface area contributed by atoms with E-state index >= 15 is 0 Å². The van der Waals surface area contributed by atoms with Crippen molar-refractivity contribution in [2.75, 3.05) is 22.5 Å². The summed E-state index contributed by atoms with van der Waals surface area (Å²) in [5.41, 5.74) is 2.88. The van der Waals surface area contributed by atoms with Crippen molar-refractivity contribution >= 4 is 56.5 Å². The standard InChI is InChI=1S/C25H24Cl2N2O5S/c1-4-34-25(31)19-11-8-16(2)21(14-19)28-24(30)18-12-9-17(10-13-18)15-29(35(3,32)33)22-7-5-6-20(26)23(22)27/h5-14H,4,15H2,1-3H3,(H,28,30). The van der Waals surface area contributed by atoms with Crippen molar-refractivity contribution in [1.29, 1.82) is 0 Å². The highest BCUT2D eigenvalue weighted by molar-refractivity contribution is 7.92. The van der Waals surface area contributed by atoms with Crippen LogP contribution < -0.4 is 9.62 Å². The van der Waals surface area contributed by atoms with Gasteiger partial charge in [0.25, 0.3) is 5.91 Å². The maximum absolute atomic E-state index is 12.8. The Morgan fingerprint density at radius 1 is 1.00 bits per heavy atom. The van der Waals surface area contributed by atoms with Gasteiger partial charge in [-0.3, -0.25) is 9.10 Å². The first-order valence-electron chi connectivity index (χ1n) is 10.6. The fourth-order valence-electron chi connectivity index (χ4n) is 3.29. The first-order chi connectivity index (χ1) is 16.5. The number of benzene rings is 3. The Morgan fingerprint density at radius 3 is 2.29 bits per heavy atom. The molecule has 3 aromatic rings. The molecule has 3 rings (SSSR count). The molecule has 0 radical (unpaired) electrons. The first kappa shape index (κ1) is 26.5. The molecule has 1 amide bonds. The second kappa shape index (κ2) is 11.1. The largest absolute Gasteiger partial charge is 0.462 e. The summed E-state index contributed by atoms with van der Waals surface area (Å²) in [5, 5.41) is 3.18. The van der Waals surface area contributed by atoms with Crippen molar-refractivity contribution in [2.24, 2.45) is 0 Å². The number of ether oxygens (including phenoxy) is 1. The Balaban J connectivity index is 1.80. The van der Waals surface area contributed by atoms with Crippen LogP contribution >= 0.6 is 23.2 Å². The molecule has 184 valence electrons. The summed E-state index contributed by atoms with van der Waals surface area (Å²) in [6.07, 6.45) is 1.08. The van der Waals surface area contributed by atoms with Gasteiger partial charge in [-0.05, 0) is 61.4 Å². The van der Waals surface area contributed by atoms with Crippen LogP contribution in [-0.2, 0) is 21.3 Å². The van der Waals surface area contributed by atoms with Gasteiger partial charge in [0.1, 0.15) is 0 Å². The van der Waals surface area contributed by atoms with E-state index in [2.05, 4.69) is 5.32 Å². The fraction of sp³-hybridized carbons (Fsp3) is 0.200. The van der Waals surface area contributed by atoms with Gasteiger partial charge in [-0.25, -0.2) is 13.2 Å². The predicted octanol–water partition coefficient (Wildman–Crippen LogP) is 5.70. The molecule has 0 spiro atoms. The van der Waals surface area contributed by atoms with Crippen LogP contribution in [0, 0.1) is 6.92 Å². The Morgan fingerprint density at radius 2 is 1.66 bits per heavy atom. The summed E-state index contributed by atoms with van der Waals surface area (Å²) < 4.78 is 31.1. The highest BCUT2D eigenvalue weighted by Crippen LogP contribution is 2.34. The zero-order valence-electron chi connectivity index (χ0n) is 19.3. The van der Waals surface area contributed by atoms with E-state index in [1.165, 1.54) is 0 Å². The molecule has 0 aromatic heterocycles. The van der Waals surface area contributed by atoms with Crippen molar-refractivity contribution in [2.45, 2.75) is 20.4 Å². The average molecular weight is 535 g/mol. The third-order valence-electron chi connectivity index (χ3n) is 5.14. The molecular weight excluding hydrogens is 511 g/mol. The van der Waals surface area contributed by atoms with Crippen LogP contribution in [0.1, 0.15) is 38.8 Å². The molecule has 3 aromatic carbocycles. The zero-order valence-corrected chi connectivity index (χ0v) is 21.7. The quantitative estimate of drug-likeness (QED) is 0.374. The average Bonchev–Trinajstić information content (AvgIpc) is 2.80. The van der Waals surface area contributed by atoms with Crippen LogP contribution in [0.15, 0.2) is 60.7 Å². The van der Waals surface area contributed by atoms with Gasteiger partial charge in [-0.2, -0.15) is 0 Å². The van der Waals surface area contributed by atoms with Crippen molar-refractivity contribution in [3.8, 4) is 0 Å². The fourth-order valence-corrected chi connectivity index (χ4v) is 4.63. The summed E-state index contributed by atoms with van der Waals surface area (Å²) in [4.78, 5) is 24.8. The maximum atomic E-state index is 12.8. The number of hydrogen-bond donors (Lipinski definition) is 1. The molecule has 0 aliphatic rings. The maximum Gasteiger partial charge on any atom is 0.338 e. The number of nitrogens with one attached hydrogen (secondary N) is 1. The molecule has 0 saturated carbocycles. The zero-order chi connectivity index (χ0) is 25.8. The molecule has 0 heterocycles. The molecule has 10 heteroatoms. The molecule has 7 nitrogen and oxygen atoms in total. The molecule has 0 aliphatic carbocycles. The number of hydrogen-bond acceptors (Lipinski definition) is 5. The van der Waals surface area contributed by atoms with Crippen LogP contribution in [-0.4, -0.2) is 33.2 Å². The van der Waals surface area contributed by atoms with Crippen molar-refractivity contribution < 1.29 is 22.7 Å². The second-order valence-electron chi connectivity index (χ2n) is 7.74. The van der Waals surface area contributed by atoms with E-state index in [-0.39, 0.29) is 34.8 Å². The molecule has 1 N–H and O–H groups in total. The molecule has 0 aliphatic heterocycles. The van der Waals surface area contributed by atoms with Gasteiger partial charge in [0.15, 0.2) is 0 Å². The van der Waals surface area contributed by atoms with Gasteiger partial charge in [0.05, 0.1) is 40.7 Å². The highest BCUT2D eigenvalue weighted by Gasteiger charge is 2.22. The minimum atomic E-state index is -3.67. The van der Waals surface area contributed by atoms with Crippen LogP contribution in [0.3, 0.4) is 0 Å². The predicted molar refractivity (Wildman–Crippen MR) is 139 cm³/mol. The molecular formula is C25H24Cl2N2O5S. The van der Waals surface area contributed by atoms with E-state index in [4.69, 9.17) is 27.9 Å². The normalized spacial score (nSPS) is 11.1. The van der Waals surface area contributed by atoms with Gasteiger partial charge in [-0.15, -0.1) is 0 Å². The first-order valence-corrected chi connectivity index (χ1v) is 13.2. The SMILES string of the molecule is CCOC(=O)c1ccc(C)c(NC(=O)c2ccc(CN(c3cccc(Cl)c3Cl)S(C)(=O)=O)cc2)c1. The summed E-state index contributed by atoms with van der Waals surface area (Å²) in [6, 6.07) is 16.2. The van der Waals surface area contributed by atoms with E-state index in [0.29, 0.717) is 22.4 Å².